The summed E-state index contributed by atoms with van der Waals surface area (Å²) in [6.07, 6.45) is 0. The van der Waals surface area contributed by atoms with E-state index in [9.17, 15) is 13.2 Å². The Hall–Kier alpha value is -1.31. The molecule has 23 heavy (non-hydrogen) atoms. The van der Waals surface area contributed by atoms with Crippen LogP contribution in [0.1, 0.15) is 5.56 Å². The van der Waals surface area contributed by atoms with Gasteiger partial charge in [-0.25, -0.2) is 8.42 Å². The molecule has 6 nitrogen and oxygen atoms in total. The van der Waals surface area contributed by atoms with E-state index in [2.05, 4.69) is 5.32 Å². The summed E-state index contributed by atoms with van der Waals surface area (Å²) in [5, 5.41) is 2.18. The molecule has 128 valence electrons. The Balaban J connectivity index is 1.82. The van der Waals surface area contributed by atoms with Crippen LogP contribution in [0.15, 0.2) is 24.3 Å². The molecule has 2 N–H and O–H groups in total. The number of quaternary nitrogens is 1. The van der Waals surface area contributed by atoms with E-state index in [4.69, 9.17) is 16.3 Å². The number of alkyl halides is 1. The third-order valence-electron chi connectivity index (χ3n) is 3.76. The van der Waals surface area contributed by atoms with Gasteiger partial charge in [-0.2, -0.15) is 0 Å². The smallest absolute Gasteiger partial charge is 0.275 e. The topological polar surface area (TPSA) is 76.9 Å². The lowest BCUT2D eigenvalue weighted by molar-refractivity contribution is -0.885. The molecule has 1 saturated heterocycles. The largest absolute Gasteiger partial charge is 0.497 e. The fourth-order valence-corrected chi connectivity index (χ4v) is 5.17. The van der Waals surface area contributed by atoms with Crippen LogP contribution in [0.25, 0.3) is 0 Å². The number of ether oxygens (including phenoxy) is 1. The standard InChI is InChI=1S/C15H21ClN2O4S/c1-18(7-11-3-5-12(22-2)6-4-11)8-15(19)17-14-10-23(20,21)9-13(14)16/h3-6,13-14H,7-10H2,1-2H3,(H,17,19)/p+1/t13-,14+/m0/s1. The highest BCUT2D eigenvalue weighted by molar-refractivity contribution is 7.91. The van der Waals surface area contributed by atoms with Crippen molar-refractivity contribution >= 4 is 27.3 Å². The fourth-order valence-electron chi connectivity index (χ4n) is 2.62. The lowest BCUT2D eigenvalue weighted by atomic mass is 10.2. The highest BCUT2D eigenvalue weighted by atomic mass is 35.5. The average molecular weight is 362 g/mol. The number of carbonyl (C=O) groups is 1. The summed E-state index contributed by atoms with van der Waals surface area (Å²) in [5.74, 6) is 0.446. The molecule has 3 atom stereocenters. The Morgan fingerprint density at radius 3 is 2.52 bits per heavy atom. The molecule has 0 aliphatic carbocycles. The minimum Gasteiger partial charge on any atom is -0.497 e. The first-order valence-corrected chi connectivity index (χ1v) is 9.63. The minimum atomic E-state index is -3.14. The number of likely N-dealkylation sites (N-methyl/N-ethyl adjacent to an activating group) is 1. The minimum absolute atomic E-state index is 0.0754. The lowest BCUT2D eigenvalue weighted by Crippen LogP contribution is -3.09. The van der Waals surface area contributed by atoms with Crippen molar-refractivity contribution in [3.05, 3.63) is 29.8 Å². The molecular weight excluding hydrogens is 340 g/mol. The van der Waals surface area contributed by atoms with E-state index < -0.39 is 21.3 Å². The molecule has 0 aromatic heterocycles. The monoisotopic (exact) mass is 361 g/mol. The molecule has 1 aliphatic heterocycles. The molecule has 0 bridgehead atoms. The number of methoxy groups -OCH3 is 1. The Kier molecular flexibility index (Phi) is 5.89. The van der Waals surface area contributed by atoms with Crippen molar-refractivity contribution in [3.63, 3.8) is 0 Å². The van der Waals surface area contributed by atoms with Crippen LogP contribution in [-0.4, -0.2) is 58.0 Å². The van der Waals surface area contributed by atoms with Crippen LogP contribution >= 0.6 is 11.6 Å². The van der Waals surface area contributed by atoms with Crippen LogP contribution in [0.3, 0.4) is 0 Å². The highest BCUT2D eigenvalue weighted by Crippen LogP contribution is 2.17. The Labute approximate surface area is 141 Å². The summed E-state index contributed by atoms with van der Waals surface area (Å²) in [6, 6.07) is 7.17. The van der Waals surface area contributed by atoms with Crippen LogP contribution in [0.4, 0.5) is 0 Å². The number of nitrogens with one attached hydrogen (secondary N) is 2. The first-order chi connectivity index (χ1) is 10.8. The van der Waals surface area contributed by atoms with E-state index in [1.54, 1.807) is 7.11 Å². The predicted molar refractivity (Wildman–Crippen MR) is 88.7 cm³/mol. The van der Waals surface area contributed by atoms with Crippen LogP contribution < -0.4 is 15.0 Å². The Morgan fingerprint density at radius 2 is 2.00 bits per heavy atom. The fraction of sp³-hybridized carbons (Fsp3) is 0.533. The molecule has 1 heterocycles. The van der Waals surface area contributed by atoms with E-state index in [1.807, 2.05) is 31.3 Å². The van der Waals surface area contributed by atoms with Crippen LogP contribution in [0, 0.1) is 0 Å². The van der Waals surface area contributed by atoms with Gasteiger partial charge in [-0.1, -0.05) is 0 Å². The van der Waals surface area contributed by atoms with E-state index in [0.29, 0.717) is 6.54 Å². The van der Waals surface area contributed by atoms with Gasteiger partial charge >= 0.3 is 0 Å². The van der Waals surface area contributed by atoms with Crippen molar-refractivity contribution in [2.75, 3.05) is 32.2 Å². The quantitative estimate of drug-likeness (QED) is 0.652. The van der Waals surface area contributed by atoms with E-state index in [-0.39, 0.29) is 24.0 Å². The number of halogens is 1. The zero-order chi connectivity index (χ0) is 17.0. The molecule has 1 amide bonds. The number of hydrogen-bond acceptors (Lipinski definition) is 4. The number of carbonyl (C=O) groups excluding carboxylic acids is 1. The van der Waals surface area contributed by atoms with Gasteiger partial charge in [0.1, 0.15) is 12.3 Å². The van der Waals surface area contributed by atoms with E-state index in [0.717, 1.165) is 16.2 Å². The Bertz CT molecular complexity index is 648. The third-order valence-corrected chi connectivity index (χ3v) is 6.13. The normalized spacial score (nSPS) is 24.1. The molecule has 0 spiro atoms. The Morgan fingerprint density at radius 1 is 1.35 bits per heavy atom. The second kappa shape index (κ2) is 7.51. The van der Waals surface area contributed by atoms with Crippen molar-refractivity contribution in [1.82, 2.24) is 5.32 Å². The predicted octanol–water partition coefficient (Wildman–Crippen LogP) is -0.769. The number of rotatable bonds is 6. The summed E-state index contributed by atoms with van der Waals surface area (Å²) in [7, 11) is 0.386. The van der Waals surface area contributed by atoms with Gasteiger partial charge in [0.15, 0.2) is 16.4 Å². The maximum absolute atomic E-state index is 12.1. The molecule has 2 rings (SSSR count). The number of hydrogen-bond donors (Lipinski definition) is 2. The van der Waals surface area contributed by atoms with Crippen molar-refractivity contribution in [1.29, 1.82) is 0 Å². The van der Waals surface area contributed by atoms with Gasteiger partial charge in [0.05, 0.1) is 37.1 Å². The van der Waals surface area contributed by atoms with Gasteiger partial charge < -0.3 is 15.0 Å². The second-order valence-electron chi connectivity index (χ2n) is 5.93. The number of amides is 1. The van der Waals surface area contributed by atoms with Crippen molar-refractivity contribution in [3.8, 4) is 5.75 Å². The van der Waals surface area contributed by atoms with Crippen LogP contribution in [0.5, 0.6) is 5.75 Å². The third kappa shape index (κ3) is 5.37. The van der Waals surface area contributed by atoms with E-state index >= 15 is 0 Å². The van der Waals surface area contributed by atoms with Gasteiger partial charge in [-0.15, -0.1) is 11.6 Å². The molecule has 8 heteroatoms. The van der Waals surface area contributed by atoms with Crippen molar-refractivity contribution < 1.29 is 22.8 Å². The number of sulfone groups is 1. The van der Waals surface area contributed by atoms with Crippen molar-refractivity contribution in [2.45, 2.75) is 18.0 Å². The molecule has 0 radical (unpaired) electrons. The highest BCUT2D eigenvalue weighted by Gasteiger charge is 2.37. The summed E-state index contributed by atoms with van der Waals surface area (Å²) >= 11 is 5.99. The maximum atomic E-state index is 12.1. The van der Waals surface area contributed by atoms with Crippen LogP contribution in [0.2, 0.25) is 0 Å². The first kappa shape index (κ1) is 18.0. The summed E-state index contributed by atoms with van der Waals surface area (Å²) in [6.45, 7) is 0.941. The molecule has 1 fully saturated rings. The number of benzene rings is 1. The molecule has 1 unspecified atom stereocenters. The zero-order valence-corrected chi connectivity index (χ0v) is 14.8. The zero-order valence-electron chi connectivity index (χ0n) is 13.2. The molecule has 1 aromatic carbocycles. The van der Waals surface area contributed by atoms with Gasteiger partial charge in [0.25, 0.3) is 5.91 Å². The molecule has 1 aromatic rings. The van der Waals surface area contributed by atoms with E-state index in [1.165, 1.54) is 0 Å². The van der Waals surface area contributed by atoms with Gasteiger partial charge in [0, 0.05) is 5.56 Å². The summed E-state index contributed by atoms with van der Waals surface area (Å²) < 4.78 is 28.1. The lowest BCUT2D eigenvalue weighted by Gasteiger charge is -2.17. The maximum Gasteiger partial charge on any atom is 0.275 e. The van der Waals surface area contributed by atoms with Crippen LogP contribution in [-0.2, 0) is 21.2 Å². The molecule has 1 aliphatic rings. The second-order valence-corrected chi connectivity index (χ2v) is 8.64. The van der Waals surface area contributed by atoms with Crippen molar-refractivity contribution in [2.24, 2.45) is 0 Å². The summed E-state index contributed by atoms with van der Waals surface area (Å²) in [5.41, 5.74) is 1.09. The van der Waals surface area contributed by atoms with Gasteiger partial charge in [-0.05, 0) is 24.3 Å². The summed E-state index contributed by atoms with van der Waals surface area (Å²) in [4.78, 5) is 13.1. The molecular formula is C15H22ClN2O4S+. The SMILES string of the molecule is COc1ccc(C[NH+](C)CC(=O)N[C@@H]2CS(=O)(=O)C[C@@H]2Cl)cc1. The average Bonchev–Trinajstić information content (AvgIpc) is 2.71. The van der Waals surface area contributed by atoms with Gasteiger partial charge in [0.2, 0.25) is 0 Å². The first-order valence-electron chi connectivity index (χ1n) is 7.37. The van der Waals surface area contributed by atoms with Gasteiger partial charge in [-0.3, -0.25) is 4.79 Å². The molecule has 0 saturated carbocycles.